The standard InChI is InChI=1S/C13H10ClN3O3S/c1-2-19-11(18)9-6-20-12(15-9)17-13-16-8-4-3-7(14)5-10(8)21-13/h3-6H,2H2,1H3,(H,15,16,17). The number of hydrogen-bond acceptors (Lipinski definition) is 7. The van der Waals surface area contributed by atoms with Gasteiger partial charge in [-0.15, -0.1) is 0 Å². The highest BCUT2D eigenvalue weighted by atomic mass is 35.5. The van der Waals surface area contributed by atoms with Gasteiger partial charge in [-0.25, -0.2) is 9.78 Å². The summed E-state index contributed by atoms with van der Waals surface area (Å²) in [6, 6.07) is 5.62. The minimum absolute atomic E-state index is 0.114. The molecule has 0 unspecified atom stereocenters. The first-order valence-corrected chi connectivity index (χ1v) is 7.31. The Balaban J connectivity index is 1.80. The first-order chi connectivity index (χ1) is 10.2. The van der Waals surface area contributed by atoms with Crippen molar-refractivity contribution in [2.24, 2.45) is 0 Å². The monoisotopic (exact) mass is 323 g/mol. The third-order valence-electron chi connectivity index (χ3n) is 2.55. The van der Waals surface area contributed by atoms with Crippen molar-refractivity contribution in [3.8, 4) is 0 Å². The summed E-state index contributed by atoms with van der Waals surface area (Å²) in [5.74, 6) is -0.523. The lowest BCUT2D eigenvalue weighted by molar-refractivity contribution is 0.0519. The van der Waals surface area contributed by atoms with Crippen LogP contribution in [0.3, 0.4) is 0 Å². The van der Waals surface area contributed by atoms with Gasteiger partial charge in [0.2, 0.25) is 0 Å². The van der Waals surface area contributed by atoms with E-state index in [4.69, 9.17) is 20.8 Å². The van der Waals surface area contributed by atoms with Crippen LogP contribution in [-0.2, 0) is 4.74 Å². The third-order valence-corrected chi connectivity index (χ3v) is 3.72. The molecule has 0 atom stereocenters. The van der Waals surface area contributed by atoms with E-state index in [2.05, 4.69) is 15.3 Å². The predicted molar refractivity (Wildman–Crippen MR) is 80.4 cm³/mol. The molecule has 1 aromatic carbocycles. The van der Waals surface area contributed by atoms with Crippen molar-refractivity contribution in [3.63, 3.8) is 0 Å². The van der Waals surface area contributed by atoms with Gasteiger partial charge in [-0.3, -0.25) is 5.32 Å². The fourth-order valence-electron chi connectivity index (χ4n) is 1.67. The molecule has 1 N–H and O–H groups in total. The van der Waals surface area contributed by atoms with Gasteiger partial charge in [-0.05, 0) is 25.1 Å². The lowest BCUT2D eigenvalue weighted by atomic mass is 10.3. The topological polar surface area (TPSA) is 77.2 Å². The number of oxazole rings is 1. The Morgan fingerprint density at radius 2 is 2.33 bits per heavy atom. The maximum Gasteiger partial charge on any atom is 0.360 e. The summed E-state index contributed by atoms with van der Waals surface area (Å²) in [5.41, 5.74) is 0.938. The lowest BCUT2D eigenvalue weighted by Crippen LogP contribution is -2.04. The second-order valence-electron chi connectivity index (χ2n) is 4.01. The zero-order valence-electron chi connectivity index (χ0n) is 10.9. The van der Waals surface area contributed by atoms with Crippen molar-refractivity contribution >= 4 is 50.3 Å². The van der Waals surface area contributed by atoms with Crippen molar-refractivity contribution in [2.75, 3.05) is 11.9 Å². The quantitative estimate of drug-likeness (QED) is 0.735. The molecule has 0 saturated heterocycles. The summed E-state index contributed by atoms with van der Waals surface area (Å²) in [6.45, 7) is 2.01. The Kier molecular flexibility index (Phi) is 3.76. The van der Waals surface area contributed by atoms with Crippen LogP contribution in [0.1, 0.15) is 17.4 Å². The van der Waals surface area contributed by atoms with Crippen LogP contribution in [0.15, 0.2) is 28.9 Å². The molecule has 8 heteroatoms. The van der Waals surface area contributed by atoms with Crippen LogP contribution < -0.4 is 5.32 Å². The number of benzene rings is 1. The van der Waals surface area contributed by atoms with Crippen molar-refractivity contribution in [3.05, 3.63) is 35.2 Å². The van der Waals surface area contributed by atoms with Gasteiger partial charge in [0.25, 0.3) is 0 Å². The molecule has 3 rings (SSSR count). The molecular weight excluding hydrogens is 314 g/mol. The molecule has 0 aliphatic carbocycles. The van der Waals surface area contributed by atoms with E-state index in [1.165, 1.54) is 17.6 Å². The Bertz CT molecular complexity index is 799. The number of rotatable bonds is 4. The minimum Gasteiger partial charge on any atom is -0.461 e. The molecule has 2 aromatic heterocycles. The maximum atomic E-state index is 11.5. The van der Waals surface area contributed by atoms with Gasteiger partial charge >= 0.3 is 12.0 Å². The van der Waals surface area contributed by atoms with Gasteiger partial charge in [0, 0.05) is 5.02 Å². The van der Waals surface area contributed by atoms with E-state index in [-0.39, 0.29) is 18.3 Å². The molecule has 0 aliphatic heterocycles. The van der Waals surface area contributed by atoms with Crippen LogP contribution in [0.4, 0.5) is 11.1 Å². The summed E-state index contributed by atoms with van der Waals surface area (Å²) < 4.78 is 11.0. The van der Waals surface area contributed by atoms with Crippen molar-refractivity contribution in [1.82, 2.24) is 9.97 Å². The van der Waals surface area contributed by atoms with Gasteiger partial charge in [-0.2, -0.15) is 4.98 Å². The SMILES string of the molecule is CCOC(=O)c1coc(Nc2nc3ccc(Cl)cc3s2)n1. The highest BCUT2D eigenvalue weighted by Crippen LogP contribution is 2.30. The van der Waals surface area contributed by atoms with Crippen molar-refractivity contribution < 1.29 is 13.9 Å². The zero-order valence-corrected chi connectivity index (χ0v) is 12.5. The van der Waals surface area contributed by atoms with Crippen LogP contribution in [-0.4, -0.2) is 22.5 Å². The van der Waals surface area contributed by atoms with Gasteiger partial charge in [0.1, 0.15) is 6.26 Å². The number of esters is 1. The molecule has 6 nitrogen and oxygen atoms in total. The highest BCUT2D eigenvalue weighted by Gasteiger charge is 2.14. The lowest BCUT2D eigenvalue weighted by Gasteiger charge is -1.95. The van der Waals surface area contributed by atoms with Gasteiger partial charge < -0.3 is 9.15 Å². The Hall–Kier alpha value is -2.12. The predicted octanol–water partition coefficient (Wildman–Crippen LogP) is 3.86. The van der Waals surface area contributed by atoms with Crippen molar-refractivity contribution in [1.29, 1.82) is 0 Å². The Labute approximate surface area is 128 Å². The fraction of sp³-hybridized carbons (Fsp3) is 0.154. The Morgan fingerprint density at radius 3 is 3.14 bits per heavy atom. The van der Waals surface area contributed by atoms with E-state index in [1.54, 1.807) is 13.0 Å². The highest BCUT2D eigenvalue weighted by molar-refractivity contribution is 7.22. The molecule has 21 heavy (non-hydrogen) atoms. The average Bonchev–Trinajstić information content (AvgIpc) is 3.05. The number of thiazole rings is 1. The molecule has 0 saturated carbocycles. The largest absolute Gasteiger partial charge is 0.461 e. The van der Waals surface area contributed by atoms with E-state index in [1.807, 2.05) is 12.1 Å². The van der Waals surface area contributed by atoms with E-state index < -0.39 is 5.97 Å². The summed E-state index contributed by atoms with van der Waals surface area (Å²) in [4.78, 5) is 19.9. The average molecular weight is 324 g/mol. The number of carbonyl (C=O) groups excluding carboxylic acids is 1. The molecule has 0 radical (unpaired) electrons. The first kappa shape index (κ1) is 13.8. The molecule has 0 spiro atoms. The van der Waals surface area contributed by atoms with E-state index >= 15 is 0 Å². The van der Waals surface area contributed by atoms with Crippen LogP contribution in [0.5, 0.6) is 0 Å². The van der Waals surface area contributed by atoms with Gasteiger partial charge in [0.15, 0.2) is 10.8 Å². The molecule has 3 aromatic rings. The molecule has 108 valence electrons. The number of carbonyl (C=O) groups is 1. The third kappa shape index (κ3) is 2.98. The van der Waals surface area contributed by atoms with E-state index in [9.17, 15) is 4.79 Å². The second kappa shape index (κ2) is 5.71. The smallest absolute Gasteiger partial charge is 0.360 e. The molecular formula is C13H10ClN3O3S. The maximum absolute atomic E-state index is 11.5. The van der Waals surface area contributed by atoms with Gasteiger partial charge in [0.05, 0.1) is 16.8 Å². The molecule has 0 aliphatic rings. The minimum atomic E-state index is -0.523. The van der Waals surface area contributed by atoms with Crippen LogP contribution >= 0.6 is 22.9 Å². The van der Waals surface area contributed by atoms with E-state index in [0.717, 1.165) is 10.2 Å². The number of fused-ring (bicyclic) bond motifs is 1. The molecule has 0 amide bonds. The molecule has 0 fully saturated rings. The molecule has 0 bridgehead atoms. The fourth-order valence-corrected chi connectivity index (χ4v) is 2.80. The number of nitrogens with zero attached hydrogens (tertiary/aromatic N) is 2. The van der Waals surface area contributed by atoms with E-state index in [0.29, 0.717) is 10.2 Å². The summed E-state index contributed by atoms with van der Waals surface area (Å²) in [5, 5.41) is 4.16. The zero-order chi connectivity index (χ0) is 14.8. The van der Waals surface area contributed by atoms with Crippen molar-refractivity contribution in [2.45, 2.75) is 6.92 Å². The number of halogens is 1. The van der Waals surface area contributed by atoms with Crippen LogP contribution in [0.2, 0.25) is 5.02 Å². The molecule has 2 heterocycles. The second-order valence-corrected chi connectivity index (χ2v) is 5.48. The van der Waals surface area contributed by atoms with Gasteiger partial charge in [-0.1, -0.05) is 22.9 Å². The number of hydrogen-bond donors (Lipinski definition) is 1. The summed E-state index contributed by atoms with van der Waals surface area (Å²) in [6.07, 6.45) is 1.24. The summed E-state index contributed by atoms with van der Waals surface area (Å²) in [7, 11) is 0. The van der Waals surface area contributed by atoms with Crippen LogP contribution in [0, 0.1) is 0 Å². The number of anilines is 2. The summed E-state index contributed by atoms with van der Waals surface area (Å²) >= 11 is 7.34. The normalized spacial score (nSPS) is 10.8. The number of aromatic nitrogens is 2. The van der Waals surface area contributed by atoms with Crippen LogP contribution in [0.25, 0.3) is 10.2 Å². The number of ether oxygens (including phenoxy) is 1. The Morgan fingerprint density at radius 1 is 1.48 bits per heavy atom. The first-order valence-electron chi connectivity index (χ1n) is 6.11. The number of nitrogens with one attached hydrogen (secondary N) is 1.